The van der Waals surface area contributed by atoms with Gasteiger partial charge in [0, 0.05) is 5.39 Å². The van der Waals surface area contributed by atoms with Crippen LogP contribution in [-0.4, -0.2) is 30.0 Å². The van der Waals surface area contributed by atoms with E-state index in [4.69, 9.17) is 4.74 Å². The minimum Gasteiger partial charge on any atom is -0.484 e. The van der Waals surface area contributed by atoms with Crippen LogP contribution in [0.1, 0.15) is 31.9 Å². The SMILES string of the molecule is CCCS(=O)(=O)N[C@@H](C)[C@@H](Oc1ccc2c(cnn2-c2ccc(F)cc2)c1)c1ccccc1. The summed E-state index contributed by atoms with van der Waals surface area (Å²) in [7, 11) is -3.41. The second-order valence-electron chi connectivity index (χ2n) is 7.93. The van der Waals surface area contributed by atoms with E-state index in [1.807, 2.05) is 55.5 Å². The van der Waals surface area contributed by atoms with Crippen LogP contribution in [0.3, 0.4) is 0 Å². The molecule has 33 heavy (non-hydrogen) atoms. The third-order valence-electron chi connectivity index (χ3n) is 5.29. The van der Waals surface area contributed by atoms with Crippen LogP contribution >= 0.6 is 0 Å². The Bertz CT molecular complexity index is 1320. The molecule has 6 nitrogen and oxygen atoms in total. The van der Waals surface area contributed by atoms with Gasteiger partial charge in [0.05, 0.1) is 29.2 Å². The Labute approximate surface area is 193 Å². The molecule has 0 unspecified atom stereocenters. The van der Waals surface area contributed by atoms with E-state index in [9.17, 15) is 12.8 Å². The first-order chi connectivity index (χ1) is 15.9. The van der Waals surface area contributed by atoms with Crippen LogP contribution in [0.15, 0.2) is 79.0 Å². The third kappa shape index (κ3) is 5.40. The van der Waals surface area contributed by atoms with E-state index in [1.165, 1.54) is 12.1 Å². The minimum atomic E-state index is -3.41. The predicted octanol–water partition coefficient (Wildman–Crippen LogP) is 5.00. The van der Waals surface area contributed by atoms with Gasteiger partial charge in [-0.1, -0.05) is 37.3 Å². The predicted molar refractivity (Wildman–Crippen MR) is 128 cm³/mol. The van der Waals surface area contributed by atoms with E-state index in [-0.39, 0.29) is 11.6 Å². The van der Waals surface area contributed by atoms with Crippen LogP contribution in [0.25, 0.3) is 16.6 Å². The first kappa shape index (κ1) is 22.9. The van der Waals surface area contributed by atoms with Gasteiger partial charge in [-0.3, -0.25) is 0 Å². The molecule has 0 aliphatic rings. The fourth-order valence-corrected chi connectivity index (χ4v) is 5.14. The fourth-order valence-electron chi connectivity index (χ4n) is 3.79. The Hall–Kier alpha value is -3.23. The summed E-state index contributed by atoms with van der Waals surface area (Å²) in [6.07, 6.45) is 1.73. The number of ether oxygens (including phenoxy) is 1. The summed E-state index contributed by atoms with van der Waals surface area (Å²) in [5.74, 6) is 0.353. The van der Waals surface area contributed by atoms with Gasteiger partial charge < -0.3 is 4.74 Å². The lowest BCUT2D eigenvalue weighted by molar-refractivity contribution is 0.173. The molecule has 1 N–H and O–H groups in total. The molecule has 0 radical (unpaired) electrons. The van der Waals surface area contributed by atoms with Crippen LogP contribution in [0, 0.1) is 5.82 Å². The number of rotatable bonds is 9. The smallest absolute Gasteiger partial charge is 0.211 e. The number of nitrogens with zero attached hydrogens (tertiary/aromatic N) is 2. The van der Waals surface area contributed by atoms with Crippen molar-refractivity contribution < 1.29 is 17.5 Å². The van der Waals surface area contributed by atoms with E-state index in [2.05, 4.69) is 9.82 Å². The van der Waals surface area contributed by atoms with E-state index < -0.39 is 22.2 Å². The fraction of sp³-hybridized carbons (Fsp3) is 0.240. The van der Waals surface area contributed by atoms with Crippen molar-refractivity contribution in [1.82, 2.24) is 14.5 Å². The van der Waals surface area contributed by atoms with Crippen molar-refractivity contribution in [1.29, 1.82) is 0 Å². The Balaban J connectivity index is 1.63. The van der Waals surface area contributed by atoms with E-state index in [1.54, 1.807) is 29.9 Å². The monoisotopic (exact) mass is 467 g/mol. The van der Waals surface area contributed by atoms with Crippen molar-refractivity contribution in [2.24, 2.45) is 0 Å². The van der Waals surface area contributed by atoms with Crippen molar-refractivity contribution in [2.75, 3.05) is 5.75 Å². The Morgan fingerprint density at radius 1 is 1.06 bits per heavy atom. The van der Waals surface area contributed by atoms with Gasteiger partial charge >= 0.3 is 0 Å². The highest BCUT2D eigenvalue weighted by molar-refractivity contribution is 7.89. The Morgan fingerprint density at radius 2 is 1.79 bits per heavy atom. The van der Waals surface area contributed by atoms with Gasteiger partial charge in [-0.15, -0.1) is 0 Å². The van der Waals surface area contributed by atoms with Crippen LogP contribution in [-0.2, 0) is 10.0 Å². The molecule has 4 aromatic rings. The molecule has 0 aliphatic carbocycles. The molecule has 0 spiro atoms. The van der Waals surface area contributed by atoms with Crippen molar-refractivity contribution in [3.8, 4) is 11.4 Å². The van der Waals surface area contributed by atoms with Gasteiger partial charge in [0.2, 0.25) is 10.0 Å². The average Bonchev–Trinajstić information content (AvgIpc) is 3.21. The van der Waals surface area contributed by atoms with Gasteiger partial charge in [-0.05, 0) is 61.4 Å². The van der Waals surface area contributed by atoms with E-state index >= 15 is 0 Å². The van der Waals surface area contributed by atoms with Gasteiger partial charge in [0.15, 0.2) is 0 Å². The number of fused-ring (bicyclic) bond motifs is 1. The molecule has 2 atom stereocenters. The topological polar surface area (TPSA) is 73.2 Å². The summed E-state index contributed by atoms with van der Waals surface area (Å²) in [5, 5.41) is 5.27. The van der Waals surface area contributed by atoms with Crippen LogP contribution < -0.4 is 9.46 Å². The molecule has 1 aromatic heterocycles. The minimum absolute atomic E-state index is 0.0629. The lowest BCUT2D eigenvalue weighted by atomic mass is 10.0. The standard InChI is InChI=1S/C25H26FN3O3S/c1-3-15-33(30,31)28-18(2)25(19-7-5-4-6-8-19)32-23-13-14-24-20(16-23)17-27-29(24)22-11-9-21(26)10-12-22/h4-14,16-18,25,28H,3,15H2,1-2H3/t18-,25+/m0/s1. The maximum absolute atomic E-state index is 13.3. The number of aromatic nitrogens is 2. The lowest BCUT2D eigenvalue weighted by Crippen LogP contribution is -2.40. The molecule has 4 rings (SSSR count). The lowest BCUT2D eigenvalue weighted by Gasteiger charge is -2.26. The molecule has 172 valence electrons. The molecular formula is C25H26FN3O3S. The highest BCUT2D eigenvalue weighted by atomic mass is 32.2. The van der Waals surface area contributed by atoms with Crippen molar-refractivity contribution in [3.63, 3.8) is 0 Å². The molecule has 0 saturated carbocycles. The molecule has 3 aromatic carbocycles. The summed E-state index contributed by atoms with van der Waals surface area (Å²) >= 11 is 0. The third-order valence-corrected chi connectivity index (χ3v) is 6.97. The second-order valence-corrected chi connectivity index (χ2v) is 9.80. The molecule has 0 fully saturated rings. The molecule has 8 heteroatoms. The van der Waals surface area contributed by atoms with E-state index in [0.29, 0.717) is 12.2 Å². The number of sulfonamides is 1. The van der Waals surface area contributed by atoms with Crippen molar-refractivity contribution in [3.05, 3.63) is 90.4 Å². The highest BCUT2D eigenvalue weighted by Crippen LogP contribution is 2.29. The zero-order valence-corrected chi connectivity index (χ0v) is 19.3. The van der Waals surface area contributed by atoms with Crippen molar-refractivity contribution in [2.45, 2.75) is 32.4 Å². The Kier molecular flexibility index (Phi) is 6.76. The normalized spacial score (nSPS) is 13.7. The largest absolute Gasteiger partial charge is 0.484 e. The number of hydrogen-bond acceptors (Lipinski definition) is 4. The number of hydrogen-bond donors (Lipinski definition) is 1. The summed E-state index contributed by atoms with van der Waals surface area (Å²) in [6, 6.07) is 20.8. The average molecular weight is 468 g/mol. The van der Waals surface area contributed by atoms with Gasteiger partial charge in [-0.25, -0.2) is 22.2 Å². The number of benzene rings is 3. The van der Waals surface area contributed by atoms with Crippen molar-refractivity contribution >= 4 is 20.9 Å². The maximum Gasteiger partial charge on any atom is 0.211 e. The maximum atomic E-state index is 13.3. The molecular weight excluding hydrogens is 441 g/mol. The quantitative estimate of drug-likeness (QED) is 0.376. The summed E-state index contributed by atoms with van der Waals surface area (Å²) in [6.45, 7) is 3.63. The molecule has 0 aliphatic heterocycles. The summed E-state index contributed by atoms with van der Waals surface area (Å²) < 4.78 is 48.8. The first-order valence-electron chi connectivity index (χ1n) is 10.8. The van der Waals surface area contributed by atoms with Crippen LogP contribution in [0.2, 0.25) is 0 Å². The first-order valence-corrected chi connectivity index (χ1v) is 12.5. The van der Waals surface area contributed by atoms with Gasteiger partial charge in [0.1, 0.15) is 17.7 Å². The molecule has 1 heterocycles. The highest BCUT2D eigenvalue weighted by Gasteiger charge is 2.25. The number of nitrogens with one attached hydrogen (secondary N) is 1. The molecule has 0 saturated heterocycles. The van der Waals surface area contributed by atoms with Gasteiger partial charge in [0.25, 0.3) is 0 Å². The zero-order chi connectivity index (χ0) is 23.4. The molecule has 0 amide bonds. The summed E-state index contributed by atoms with van der Waals surface area (Å²) in [4.78, 5) is 0. The van der Waals surface area contributed by atoms with Crippen LogP contribution in [0.5, 0.6) is 5.75 Å². The van der Waals surface area contributed by atoms with Gasteiger partial charge in [-0.2, -0.15) is 5.10 Å². The number of halogens is 1. The Morgan fingerprint density at radius 3 is 2.48 bits per heavy atom. The van der Waals surface area contributed by atoms with E-state index in [0.717, 1.165) is 22.2 Å². The van der Waals surface area contributed by atoms with Crippen LogP contribution in [0.4, 0.5) is 4.39 Å². The molecule has 0 bridgehead atoms. The second kappa shape index (κ2) is 9.72. The summed E-state index contributed by atoms with van der Waals surface area (Å²) in [5.41, 5.74) is 2.47. The zero-order valence-electron chi connectivity index (χ0n) is 18.5.